The van der Waals surface area contributed by atoms with Crippen molar-refractivity contribution in [3.05, 3.63) is 29.3 Å². The molecular formula is C24H32O6. The molecule has 0 saturated heterocycles. The van der Waals surface area contributed by atoms with E-state index >= 15 is 0 Å². The first-order chi connectivity index (χ1) is 14.2. The summed E-state index contributed by atoms with van der Waals surface area (Å²) in [6.45, 7) is 6.29. The quantitative estimate of drug-likeness (QED) is 0.283. The van der Waals surface area contributed by atoms with Crippen LogP contribution in [0.2, 0.25) is 0 Å². The van der Waals surface area contributed by atoms with Gasteiger partial charge >= 0.3 is 11.9 Å². The summed E-state index contributed by atoms with van der Waals surface area (Å²) in [6.07, 6.45) is 5.89. The molecule has 6 nitrogen and oxygen atoms in total. The molecule has 6 heteroatoms. The molecule has 0 amide bonds. The maximum atomic E-state index is 12.0. The molecule has 1 heterocycles. The molecule has 0 N–H and O–H groups in total. The molecule has 1 aliphatic heterocycles. The molecule has 30 heavy (non-hydrogen) atoms. The predicted octanol–water partition coefficient (Wildman–Crippen LogP) is 4.42. The molecule has 1 aliphatic carbocycles. The summed E-state index contributed by atoms with van der Waals surface area (Å²) in [4.78, 5) is 35.6. The molecule has 1 aromatic rings. The van der Waals surface area contributed by atoms with Crippen LogP contribution in [0.25, 0.3) is 0 Å². The Morgan fingerprint density at radius 1 is 1.13 bits per heavy atom. The first kappa shape index (κ1) is 22.5. The molecule has 3 rings (SSSR count). The number of Topliss-reactive ketones (excluding diaryl/α,β-unsaturated/α-hetero) is 1. The zero-order valence-corrected chi connectivity index (χ0v) is 18.2. The monoisotopic (exact) mass is 416 g/mol. The second kappa shape index (κ2) is 9.73. The van der Waals surface area contributed by atoms with Gasteiger partial charge in [0.2, 0.25) is 0 Å². The van der Waals surface area contributed by atoms with Gasteiger partial charge < -0.3 is 14.2 Å². The van der Waals surface area contributed by atoms with E-state index in [1.165, 1.54) is 0 Å². The minimum atomic E-state index is -0.487. The SMILES string of the molecule is CC(C)(C)OC(=O)CC1CCC(OCCCc2cccc3c2OC(=O)CC3=O)CC1. The van der Waals surface area contributed by atoms with Crippen LogP contribution < -0.4 is 4.74 Å². The van der Waals surface area contributed by atoms with E-state index in [4.69, 9.17) is 14.2 Å². The molecule has 1 saturated carbocycles. The number of hydrogen-bond acceptors (Lipinski definition) is 6. The molecule has 0 bridgehead atoms. The maximum Gasteiger partial charge on any atom is 0.319 e. The van der Waals surface area contributed by atoms with E-state index in [2.05, 4.69) is 0 Å². The second-order valence-electron chi connectivity index (χ2n) is 9.28. The van der Waals surface area contributed by atoms with Crippen molar-refractivity contribution in [1.29, 1.82) is 0 Å². The smallest absolute Gasteiger partial charge is 0.319 e. The van der Waals surface area contributed by atoms with Crippen LogP contribution in [0.3, 0.4) is 0 Å². The van der Waals surface area contributed by atoms with Crippen LogP contribution in [0.1, 0.15) is 81.6 Å². The number of rotatable bonds is 7. The Bertz CT molecular complexity index is 783. The molecule has 0 atom stereocenters. The minimum absolute atomic E-state index is 0.114. The lowest BCUT2D eigenvalue weighted by Crippen LogP contribution is -2.28. The zero-order chi connectivity index (χ0) is 21.7. The van der Waals surface area contributed by atoms with E-state index in [0.717, 1.165) is 37.7 Å². The van der Waals surface area contributed by atoms with Crippen LogP contribution in [0.15, 0.2) is 18.2 Å². The molecule has 0 unspecified atom stereocenters. The first-order valence-corrected chi connectivity index (χ1v) is 10.9. The highest BCUT2D eigenvalue weighted by Gasteiger charge is 2.27. The Labute approximate surface area is 178 Å². The van der Waals surface area contributed by atoms with Gasteiger partial charge in [0.25, 0.3) is 0 Å². The fourth-order valence-corrected chi connectivity index (χ4v) is 4.13. The van der Waals surface area contributed by atoms with Crippen LogP contribution in [0.4, 0.5) is 0 Å². The van der Waals surface area contributed by atoms with Gasteiger partial charge in [0.15, 0.2) is 5.78 Å². The van der Waals surface area contributed by atoms with Crippen molar-refractivity contribution in [3.63, 3.8) is 0 Å². The number of aryl methyl sites for hydroxylation is 1. The minimum Gasteiger partial charge on any atom is -0.460 e. The lowest BCUT2D eigenvalue weighted by molar-refractivity contribution is -0.156. The molecule has 0 aromatic heterocycles. The predicted molar refractivity (Wildman–Crippen MR) is 112 cm³/mol. The standard InChI is InChI=1S/C24H32O6/c1-24(2,3)30-22(27)14-16-9-11-18(12-10-16)28-13-5-7-17-6-4-8-19-20(25)15-21(26)29-23(17)19/h4,6,8,16,18H,5,7,9-15H2,1-3H3. The van der Waals surface area contributed by atoms with E-state index in [1.54, 1.807) is 6.07 Å². The van der Waals surface area contributed by atoms with Crippen LogP contribution >= 0.6 is 0 Å². The van der Waals surface area contributed by atoms with Crippen molar-refractivity contribution in [2.45, 2.75) is 83.8 Å². The number of fused-ring (bicyclic) bond motifs is 1. The summed E-state index contributed by atoms with van der Waals surface area (Å²) in [5.41, 5.74) is 0.941. The number of carbonyl (C=O) groups is 3. The van der Waals surface area contributed by atoms with Gasteiger partial charge in [0.1, 0.15) is 17.8 Å². The average molecular weight is 417 g/mol. The van der Waals surface area contributed by atoms with Crippen LogP contribution in [-0.2, 0) is 25.5 Å². The summed E-state index contributed by atoms with van der Waals surface area (Å²) in [5.74, 6) is 0.0169. The molecular weight excluding hydrogens is 384 g/mol. The Hall–Kier alpha value is -2.21. The van der Waals surface area contributed by atoms with Crippen LogP contribution in [0.5, 0.6) is 5.75 Å². The van der Waals surface area contributed by atoms with E-state index in [1.807, 2.05) is 32.9 Å². The molecule has 164 valence electrons. The van der Waals surface area contributed by atoms with Gasteiger partial charge in [-0.05, 0) is 76.8 Å². The van der Waals surface area contributed by atoms with E-state index < -0.39 is 11.6 Å². The van der Waals surface area contributed by atoms with E-state index in [-0.39, 0.29) is 24.3 Å². The van der Waals surface area contributed by atoms with E-state index in [9.17, 15) is 14.4 Å². The highest BCUT2D eigenvalue weighted by Crippen LogP contribution is 2.31. The highest BCUT2D eigenvalue weighted by atomic mass is 16.6. The largest absolute Gasteiger partial charge is 0.460 e. The summed E-state index contributed by atoms with van der Waals surface area (Å²) < 4.78 is 16.8. The molecule has 0 spiro atoms. The van der Waals surface area contributed by atoms with Crippen molar-refractivity contribution in [2.24, 2.45) is 5.92 Å². The topological polar surface area (TPSA) is 78.9 Å². The van der Waals surface area contributed by atoms with Crippen LogP contribution in [0, 0.1) is 5.92 Å². The summed E-state index contributed by atoms with van der Waals surface area (Å²) in [6, 6.07) is 5.43. The Morgan fingerprint density at radius 3 is 2.57 bits per heavy atom. The van der Waals surface area contributed by atoms with Gasteiger partial charge in [-0.3, -0.25) is 14.4 Å². The first-order valence-electron chi connectivity index (χ1n) is 10.9. The van der Waals surface area contributed by atoms with E-state index in [0.29, 0.717) is 36.7 Å². The fourth-order valence-electron chi connectivity index (χ4n) is 4.13. The van der Waals surface area contributed by atoms with Crippen LogP contribution in [-0.4, -0.2) is 36.0 Å². The third-order valence-electron chi connectivity index (χ3n) is 5.53. The van der Waals surface area contributed by atoms with Crippen molar-refractivity contribution in [2.75, 3.05) is 6.61 Å². The Morgan fingerprint density at radius 2 is 1.87 bits per heavy atom. The number of esters is 2. The number of para-hydroxylation sites is 1. The number of benzene rings is 1. The molecule has 2 aliphatic rings. The van der Waals surface area contributed by atoms with Crippen molar-refractivity contribution < 1.29 is 28.6 Å². The van der Waals surface area contributed by atoms with Gasteiger partial charge in [-0.15, -0.1) is 0 Å². The Balaban J connectivity index is 1.38. The number of ether oxygens (including phenoxy) is 3. The van der Waals surface area contributed by atoms with Gasteiger partial charge in [-0.2, -0.15) is 0 Å². The lowest BCUT2D eigenvalue weighted by Gasteiger charge is -2.29. The van der Waals surface area contributed by atoms with Gasteiger partial charge in [-0.25, -0.2) is 0 Å². The van der Waals surface area contributed by atoms with Gasteiger partial charge in [-0.1, -0.05) is 12.1 Å². The third-order valence-corrected chi connectivity index (χ3v) is 5.53. The second-order valence-corrected chi connectivity index (χ2v) is 9.28. The number of hydrogen-bond donors (Lipinski definition) is 0. The zero-order valence-electron chi connectivity index (χ0n) is 18.2. The Kier molecular flexibility index (Phi) is 7.29. The fraction of sp³-hybridized carbons (Fsp3) is 0.625. The number of carbonyl (C=O) groups excluding carboxylic acids is 3. The summed E-state index contributed by atoms with van der Waals surface area (Å²) >= 11 is 0. The van der Waals surface area contributed by atoms with Gasteiger partial charge in [0.05, 0.1) is 11.7 Å². The highest BCUT2D eigenvalue weighted by molar-refractivity contribution is 6.11. The van der Waals surface area contributed by atoms with Crippen molar-refractivity contribution in [3.8, 4) is 5.75 Å². The molecule has 0 radical (unpaired) electrons. The maximum absolute atomic E-state index is 12.0. The van der Waals surface area contributed by atoms with Gasteiger partial charge in [0, 0.05) is 13.0 Å². The lowest BCUT2D eigenvalue weighted by atomic mass is 9.85. The number of ketones is 1. The molecule has 1 fully saturated rings. The van der Waals surface area contributed by atoms with Crippen molar-refractivity contribution in [1.82, 2.24) is 0 Å². The molecule has 1 aromatic carbocycles. The average Bonchev–Trinajstić information content (AvgIpc) is 2.65. The van der Waals surface area contributed by atoms with Crippen molar-refractivity contribution >= 4 is 17.7 Å². The summed E-state index contributed by atoms with van der Waals surface area (Å²) in [7, 11) is 0. The third kappa shape index (κ3) is 6.39. The summed E-state index contributed by atoms with van der Waals surface area (Å²) in [5, 5.41) is 0. The normalized spacial score (nSPS) is 21.7.